The van der Waals surface area contributed by atoms with Gasteiger partial charge in [-0.3, -0.25) is 4.79 Å². The normalized spacial score (nSPS) is 20.0. The molecular weight excluding hydrogens is 242 g/mol. The summed E-state index contributed by atoms with van der Waals surface area (Å²) >= 11 is 0. The van der Waals surface area contributed by atoms with Gasteiger partial charge in [0.25, 0.3) is 0 Å². The number of fused-ring (bicyclic) bond motifs is 1. The number of amides is 1. The third kappa shape index (κ3) is 2.25. The number of rotatable bonds is 2. The van der Waals surface area contributed by atoms with E-state index in [-0.39, 0.29) is 11.9 Å². The van der Waals surface area contributed by atoms with Gasteiger partial charge >= 0.3 is 0 Å². The van der Waals surface area contributed by atoms with Crippen molar-refractivity contribution >= 4 is 17.4 Å². The molecule has 1 fully saturated rings. The van der Waals surface area contributed by atoms with Crippen molar-refractivity contribution in [1.29, 1.82) is 0 Å². The molecule has 1 atom stereocenters. The van der Waals surface area contributed by atoms with E-state index in [0.717, 1.165) is 30.1 Å². The quantitative estimate of drug-likeness (QED) is 0.876. The summed E-state index contributed by atoms with van der Waals surface area (Å²) in [5.74, 6) is 1.15. The van der Waals surface area contributed by atoms with Gasteiger partial charge in [0.1, 0.15) is 5.82 Å². The van der Waals surface area contributed by atoms with Crippen molar-refractivity contribution in [3.8, 4) is 0 Å². The molecule has 2 aromatic heterocycles. The third-order valence-electron chi connectivity index (χ3n) is 3.47. The van der Waals surface area contributed by atoms with E-state index >= 15 is 0 Å². The van der Waals surface area contributed by atoms with Crippen LogP contribution in [0, 0.1) is 6.92 Å². The first-order valence-electron chi connectivity index (χ1n) is 6.45. The minimum atomic E-state index is 0.216. The van der Waals surface area contributed by atoms with E-state index in [1.54, 1.807) is 15.6 Å². The van der Waals surface area contributed by atoms with Crippen LogP contribution in [-0.4, -0.2) is 45.0 Å². The minimum absolute atomic E-state index is 0.216. The summed E-state index contributed by atoms with van der Waals surface area (Å²) in [4.78, 5) is 17.7. The van der Waals surface area contributed by atoms with Crippen LogP contribution >= 0.6 is 0 Å². The Morgan fingerprint density at radius 3 is 3.11 bits per heavy atom. The highest BCUT2D eigenvalue weighted by Gasteiger charge is 2.23. The summed E-state index contributed by atoms with van der Waals surface area (Å²) in [6.07, 6.45) is 3.19. The molecule has 0 aliphatic carbocycles. The standard InChI is InChI=1S/C13H17N5O/c1-9-7-12(18-11(15-9)5-6-14-18)16-10-3-4-13(19)17(2)8-10/h5-7,10,16H,3-4,8H2,1-2H3. The Bertz CT molecular complexity index is 621. The summed E-state index contributed by atoms with van der Waals surface area (Å²) in [6.45, 7) is 2.69. The lowest BCUT2D eigenvalue weighted by Crippen LogP contribution is -2.43. The van der Waals surface area contributed by atoms with Crippen LogP contribution in [0.5, 0.6) is 0 Å². The van der Waals surface area contributed by atoms with E-state index in [1.807, 2.05) is 26.1 Å². The van der Waals surface area contributed by atoms with E-state index in [4.69, 9.17) is 0 Å². The number of piperidine rings is 1. The van der Waals surface area contributed by atoms with Crippen LogP contribution in [0.1, 0.15) is 18.5 Å². The van der Waals surface area contributed by atoms with Gasteiger partial charge in [0.15, 0.2) is 5.65 Å². The molecule has 1 saturated heterocycles. The average Bonchev–Trinajstić information content (AvgIpc) is 2.82. The van der Waals surface area contributed by atoms with Gasteiger partial charge in [0.2, 0.25) is 5.91 Å². The van der Waals surface area contributed by atoms with Gasteiger partial charge in [0.05, 0.1) is 6.20 Å². The molecule has 1 unspecified atom stereocenters. The lowest BCUT2D eigenvalue weighted by atomic mass is 10.1. The molecule has 100 valence electrons. The monoisotopic (exact) mass is 259 g/mol. The van der Waals surface area contributed by atoms with Crippen molar-refractivity contribution in [2.45, 2.75) is 25.8 Å². The number of aromatic nitrogens is 3. The number of carbonyl (C=O) groups excluding carboxylic acids is 1. The van der Waals surface area contributed by atoms with Gasteiger partial charge in [-0.25, -0.2) is 4.98 Å². The largest absolute Gasteiger partial charge is 0.365 e. The minimum Gasteiger partial charge on any atom is -0.365 e. The topological polar surface area (TPSA) is 62.5 Å². The number of aryl methyl sites for hydroxylation is 1. The van der Waals surface area contributed by atoms with Crippen LogP contribution in [0.4, 0.5) is 5.82 Å². The van der Waals surface area contributed by atoms with Gasteiger partial charge in [-0.2, -0.15) is 9.61 Å². The van der Waals surface area contributed by atoms with Crippen molar-refractivity contribution < 1.29 is 4.79 Å². The summed E-state index contributed by atoms with van der Waals surface area (Å²) in [5, 5.41) is 7.74. The number of nitrogens with zero attached hydrogens (tertiary/aromatic N) is 4. The lowest BCUT2D eigenvalue weighted by Gasteiger charge is -2.30. The van der Waals surface area contributed by atoms with Gasteiger partial charge in [-0.15, -0.1) is 0 Å². The molecule has 6 heteroatoms. The zero-order valence-corrected chi connectivity index (χ0v) is 11.1. The van der Waals surface area contributed by atoms with E-state index in [1.165, 1.54) is 0 Å². The Hall–Kier alpha value is -2.11. The molecular formula is C13H17N5O. The molecule has 0 aromatic carbocycles. The molecule has 19 heavy (non-hydrogen) atoms. The first-order valence-corrected chi connectivity index (χ1v) is 6.45. The molecule has 3 heterocycles. The Balaban J connectivity index is 1.85. The number of hydrogen-bond acceptors (Lipinski definition) is 4. The highest BCUT2D eigenvalue weighted by Crippen LogP contribution is 2.17. The van der Waals surface area contributed by atoms with E-state index in [9.17, 15) is 4.79 Å². The van der Waals surface area contributed by atoms with Crippen molar-refractivity contribution in [1.82, 2.24) is 19.5 Å². The predicted octanol–water partition coefficient (Wildman–Crippen LogP) is 1.07. The van der Waals surface area contributed by atoms with Crippen LogP contribution in [0.2, 0.25) is 0 Å². The molecule has 1 amide bonds. The third-order valence-corrected chi connectivity index (χ3v) is 3.47. The fraction of sp³-hybridized carbons (Fsp3) is 0.462. The maximum absolute atomic E-state index is 11.5. The second-order valence-corrected chi connectivity index (χ2v) is 5.04. The molecule has 0 bridgehead atoms. The highest BCUT2D eigenvalue weighted by molar-refractivity contribution is 5.77. The molecule has 1 aliphatic heterocycles. The summed E-state index contributed by atoms with van der Waals surface area (Å²) < 4.78 is 1.80. The Morgan fingerprint density at radius 1 is 1.47 bits per heavy atom. The number of anilines is 1. The molecule has 1 aliphatic rings. The van der Waals surface area contributed by atoms with E-state index < -0.39 is 0 Å². The maximum atomic E-state index is 11.5. The number of hydrogen-bond donors (Lipinski definition) is 1. The van der Waals surface area contributed by atoms with Gasteiger partial charge < -0.3 is 10.2 Å². The number of likely N-dealkylation sites (N-methyl/N-ethyl adjacent to an activating group) is 1. The first kappa shape index (κ1) is 12.0. The molecule has 2 aromatic rings. The second-order valence-electron chi connectivity index (χ2n) is 5.04. The molecule has 0 saturated carbocycles. The first-order chi connectivity index (χ1) is 9.13. The fourth-order valence-electron chi connectivity index (χ4n) is 2.48. The molecule has 6 nitrogen and oxygen atoms in total. The van der Waals surface area contributed by atoms with Crippen LogP contribution < -0.4 is 5.32 Å². The van der Waals surface area contributed by atoms with Crippen LogP contribution in [-0.2, 0) is 4.79 Å². The smallest absolute Gasteiger partial charge is 0.222 e. The van der Waals surface area contributed by atoms with Crippen molar-refractivity contribution in [3.05, 3.63) is 24.0 Å². The Labute approximate surface area is 111 Å². The van der Waals surface area contributed by atoms with Crippen molar-refractivity contribution in [3.63, 3.8) is 0 Å². The van der Waals surface area contributed by atoms with Crippen LogP contribution in [0.25, 0.3) is 5.65 Å². The van der Waals surface area contributed by atoms with Gasteiger partial charge in [-0.05, 0) is 13.3 Å². The van der Waals surface area contributed by atoms with E-state index in [2.05, 4.69) is 15.4 Å². The summed E-state index contributed by atoms with van der Waals surface area (Å²) in [5.41, 5.74) is 1.79. The molecule has 0 radical (unpaired) electrons. The molecule has 1 N–H and O–H groups in total. The number of nitrogens with one attached hydrogen (secondary N) is 1. The second kappa shape index (κ2) is 4.53. The SMILES string of the molecule is Cc1cc(NC2CCC(=O)N(C)C2)n2nccc2n1. The average molecular weight is 259 g/mol. The zero-order chi connectivity index (χ0) is 13.4. The lowest BCUT2D eigenvalue weighted by molar-refractivity contribution is -0.132. The Kier molecular flexibility index (Phi) is 2.85. The molecule has 3 rings (SSSR count). The van der Waals surface area contributed by atoms with Gasteiger partial charge in [-0.1, -0.05) is 0 Å². The van der Waals surface area contributed by atoms with E-state index in [0.29, 0.717) is 6.42 Å². The zero-order valence-electron chi connectivity index (χ0n) is 11.1. The summed E-state index contributed by atoms with van der Waals surface area (Å²) in [6, 6.07) is 4.13. The van der Waals surface area contributed by atoms with Crippen LogP contribution in [0.3, 0.4) is 0 Å². The highest BCUT2D eigenvalue weighted by atomic mass is 16.2. The number of likely N-dealkylation sites (tertiary alicyclic amines) is 1. The summed E-state index contributed by atoms with van der Waals surface area (Å²) in [7, 11) is 1.84. The van der Waals surface area contributed by atoms with Crippen molar-refractivity contribution in [2.24, 2.45) is 0 Å². The number of carbonyl (C=O) groups is 1. The fourth-order valence-corrected chi connectivity index (χ4v) is 2.48. The maximum Gasteiger partial charge on any atom is 0.222 e. The molecule has 0 spiro atoms. The Morgan fingerprint density at radius 2 is 2.32 bits per heavy atom. The predicted molar refractivity (Wildman–Crippen MR) is 72.0 cm³/mol. The van der Waals surface area contributed by atoms with Crippen LogP contribution in [0.15, 0.2) is 18.3 Å². The van der Waals surface area contributed by atoms with Gasteiger partial charge in [0, 0.05) is 43.9 Å². The van der Waals surface area contributed by atoms with Crippen molar-refractivity contribution in [2.75, 3.05) is 18.9 Å².